The molecule has 2 unspecified atom stereocenters. The summed E-state index contributed by atoms with van der Waals surface area (Å²) in [6.07, 6.45) is 5.14. The van der Waals surface area contributed by atoms with Gasteiger partial charge in [0.25, 0.3) is 8.48 Å². The molecule has 0 aromatic heterocycles. The molecule has 4 heteroatoms. The van der Waals surface area contributed by atoms with E-state index in [1.54, 1.807) is 0 Å². The minimum absolute atomic E-state index is 0.0802. The van der Waals surface area contributed by atoms with E-state index in [2.05, 4.69) is 11.9 Å². The average molecular weight is 216 g/mol. The summed E-state index contributed by atoms with van der Waals surface area (Å²) in [5.41, 5.74) is 5.82. The molecule has 1 aliphatic rings. The molecule has 1 rings (SSSR count). The number of hydrogen-bond acceptors (Lipinski definition) is 3. The highest BCUT2D eigenvalue weighted by Crippen LogP contribution is 2.25. The summed E-state index contributed by atoms with van der Waals surface area (Å²) in [5.74, 6) is 0. The second-order valence-corrected chi connectivity index (χ2v) is 7.90. The molecule has 1 fully saturated rings. The molecule has 0 bridgehead atoms. The van der Waals surface area contributed by atoms with Crippen LogP contribution in [0, 0.1) is 0 Å². The molecular formula is C10H24N2OSi. The van der Waals surface area contributed by atoms with E-state index in [1.807, 2.05) is 6.92 Å². The Kier molecular flexibility index (Phi) is 5.09. The summed E-state index contributed by atoms with van der Waals surface area (Å²) in [5, 5.41) is 0. The highest BCUT2D eigenvalue weighted by molar-refractivity contribution is 6.71. The van der Waals surface area contributed by atoms with Crippen LogP contribution < -0.4 is 10.7 Å². The third-order valence-corrected chi connectivity index (χ3v) is 6.84. The first kappa shape index (κ1) is 12.2. The van der Waals surface area contributed by atoms with Crippen molar-refractivity contribution in [3.05, 3.63) is 0 Å². The zero-order valence-electron chi connectivity index (χ0n) is 9.51. The lowest BCUT2D eigenvalue weighted by Gasteiger charge is -2.37. The molecule has 0 aromatic rings. The summed E-state index contributed by atoms with van der Waals surface area (Å²) >= 11 is 0. The van der Waals surface area contributed by atoms with Crippen LogP contribution in [-0.4, -0.2) is 21.3 Å². The van der Waals surface area contributed by atoms with Crippen molar-refractivity contribution in [1.82, 2.24) is 4.98 Å². The standard InChI is InChI=1S/C10H24N2OSi/c1-3-4-8-14(12-10(2)11)9-6-5-7-13-14/h10,12H,3-9,11H2,1-2H3. The monoisotopic (exact) mass is 216 g/mol. The first-order valence-electron chi connectivity index (χ1n) is 5.86. The molecule has 0 saturated carbocycles. The lowest BCUT2D eigenvalue weighted by Crippen LogP contribution is -2.60. The molecule has 1 saturated heterocycles. The van der Waals surface area contributed by atoms with E-state index in [0.717, 1.165) is 6.61 Å². The smallest absolute Gasteiger partial charge is 0.269 e. The van der Waals surface area contributed by atoms with Crippen LogP contribution in [0.1, 0.15) is 39.5 Å². The fourth-order valence-corrected chi connectivity index (χ4v) is 6.13. The van der Waals surface area contributed by atoms with Gasteiger partial charge in [0.15, 0.2) is 0 Å². The van der Waals surface area contributed by atoms with Crippen LogP contribution >= 0.6 is 0 Å². The first-order valence-corrected chi connectivity index (χ1v) is 8.18. The second-order valence-electron chi connectivity index (χ2n) is 4.34. The van der Waals surface area contributed by atoms with E-state index in [4.69, 9.17) is 10.2 Å². The Morgan fingerprint density at radius 3 is 2.79 bits per heavy atom. The summed E-state index contributed by atoms with van der Waals surface area (Å²) in [4.78, 5) is 3.52. The van der Waals surface area contributed by atoms with Crippen LogP contribution in [0.5, 0.6) is 0 Å². The van der Waals surface area contributed by atoms with E-state index in [9.17, 15) is 0 Å². The van der Waals surface area contributed by atoms with Gasteiger partial charge in [-0.05, 0) is 25.4 Å². The highest BCUT2D eigenvalue weighted by atomic mass is 28.4. The first-order chi connectivity index (χ1) is 6.68. The van der Waals surface area contributed by atoms with E-state index in [1.165, 1.54) is 37.8 Å². The maximum absolute atomic E-state index is 6.03. The van der Waals surface area contributed by atoms with E-state index < -0.39 is 8.48 Å². The van der Waals surface area contributed by atoms with Gasteiger partial charge in [-0.25, -0.2) is 0 Å². The third kappa shape index (κ3) is 3.69. The van der Waals surface area contributed by atoms with Gasteiger partial charge in [0.1, 0.15) is 0 Å². The van der Waals surface area contributed by atoms with Gasteiger partial charge in [0.05, 0.1) is 0 Å². The SMILES string of the molecule is CCCC[Si]1(NC(C)N)CCCCO1. The molecular weight excluding hydrogens is 192 g/mol. The average Bonchev–Trinajstić information content (AvgIpc) is 2.15. The Morgan fingerprint density at radius 2 is 2.29 bits per heavy atom. The Morgan fingerprint density at radius 1 is 1.50 bits per heavy atom. The minimum Gasteiger partial charge on any atom is -0.403 e. The van der Waals surface area contributed by atoms with E-state index >= 15 is 0 Å². The third-order valence-electron chi connectivity index (χ3n) is 2.78. The van der Waals surface area contributed by atoms with E-state index in [0.29, 0.717) is 0 Å². The largest absolute Gasteiger partial charge is 0.403 e. The van der Waals surface area contributed by atoms with Crippen LogP contribution in [0.4, 0.5) is 0 Å². The van der Waals surface area contributed by atoms with Gasteiger partial charge < -0.3 is 15.1 Å². The topological polar surface area (TPSA) is 47.3 Å². The van der Waals surface area contributed by atoms with Gasteiger partial charge in [-0.1, -0.05) is 26.2 Å². The van der Waals surface area contributed by atoms with Gasteiger partial charge in [-0.3, -0.25) is 0 Å². The molecule has 0 spiro atoms. The predicted octanol–water partition coefficient (Wildman–Crippen LogP) is 1.93. The second kappa shape index (κ2) is 5.85. The van der Waals surface area contributed by atoms with E-state index in [-0.39, 0.29) is 6.17 Å². The van der Waals surface area contributed by atoms with Crippen LogP contribution in [0.3, 0.4) is 0 Å². The zero-order chi connectivity index (χ0) is 10.4. The molecule has 3 N–H and O–H groups in total. The molecule has 0 radical (unpaired) electrons. The van der Waals surface area contributed by atoms with Gasteiger partial charge in [0, 0.05) is 12.8 Å². The summed E-state index contributed by atoms with van der Waals surface area (Å²) in [6, 6.07) is 2.47. The maximum Gasteiger partial charge on any atom is 0.269 e. The van der Waals surface area contributed by atoms with Crippen molar-refractivity contribution < 1.29 is 4.43 Å². The predicted molar refractivity (Wildman–Crippen MR) is 62.2 cm³/mol. The van der Waals surface area contributed by atoms with Crippen molar-refractivity contribution in [2.75, 3.05) is 6.61 Å². The molecule has 1 aliphatic heterocycles. The van der Waals surface area contributed by atoms with Crippen molar-refractivity contribution in [3.63, 3.8) is 0 Å². The van der Waals surface area contributed by atoms with Crippen molar-refractivity contribution in [2.45, 2.75) is 57.8 Å². The summed E-state index contributed by atoms with van der Waals surface area (Å²) < 4.78 is 6.03. The maximum atomic E-state index is 6.03. The zero-order valence-corrected chi connectivity index (χ0v) is 10.5. The highest BCUT2D eigenvalue weighted by Gasteiger charge is 2.37. The van der Waals surface area contributed by atoms with Crippen molar-refractivity contribution in [3.8, 4) is 0 Å². The number of rotatable bonds is 5. The minimum atomic E-state index is -1.64. The molecule has 0 aliphatic carbocycles. The molecule has 0 amide bonds. The fraction of sp³-hybridized carbons (Fsp3) is 1.00. The summed E-state index contributed by atoms with van der Waals surface area (Å²) in [7, 11) is -1.64. The fourth-order valence-electron chi connectivity index (χ4n) is 2.11. The molecule has 84 valence electrons. The quantitative estimate of drug-likeness (QED) is 0.545. The lowest BCUT2D eigenvalue weighted by atomic mass is 10.4. The normalized spacial score (nSPS) is 30.2. The van der Waals surface area contributed by atoms with Crippen molar-refractivity contribution in [1.29, 1.82) is 0 Å². The molecule has 2 atom stereocenters. The van der Waals surface area contributed by atoms with Gasteiger partial charge in [0.2, 0.25) is 0 Å². The number of hydrogen-bond donors (Lipinski definition) is 2. The van der Waals surface area contributed by atoms with Crippen LogP contribution in [-0.2, 0) is 4.43 Å². The van der Waals surface area contributed by atoms with Gasteiger partial charge in [-0.2, -0.15) is 0 Å². The Hall–Kier alpha value is 0.0969. The Balaban J connectivity index is 2.47. The Bertz CT molecular complexity index is 158. The summed E-state index contributed by atoms with van der Waals surface area (Å²) in [6.45, 7) is 5.19. The molecule has 14 heavy (non-hydrogen) atoms. The van der Waals surface area contributed by atoms with Crippen LogP contribution in [0.2, 0.25) is 12.1 Å². The Labute approximate surface area is 88.6 Å². The molecule has 1 heterocycles. The number of unbranched alkanes of at least 4 members (excludes halogenated alkanes) is 1. The number of nitrogens with one attached hydrogen (secondary N) is 1. The van der Waals surface area contributed by atoms with Crippen molar-refractivity contribution >= 4 is 8.48 Å². The van der Waals surface area contributed by atoms with Gasteiger partial charge in [-0.15, -0.1) is 0 Å². The number of nitrogens with two attached hydrogens (primary N) is 1. The molecule has 3 nitrogen and oxygen atoms in total. The lowest BCUT2D eigenvalue weighted by molar-refractivity contribution is 0.251. The van der Waals surface area contributed by atoms with Crippen LogP contribution in [0.25, 0.3) is 0 Å². The molecule has 0 aromatic carbocycles. The van der Waals surface area contributed by atoms with Crippen molar-refractivity contribution in [2.24, 2.45) is 5.73 Å². The van der Waals surface area contributed by atoms with Crippen LogP contribution in [0.15, 0.2) is 0 Å². The van der Waals surface area contributed by atoms with Gasteiger partial charge >= 0.3 is 0 Å².